The highest BCUT2D eigenvalue weighted by molar-refractivity contribution is 9.10. The largest absolute Gasteiger partial charge is 0.444 e. The van der Waals surface area contributed by atoms with Crippen LogP contribution in [0, 0.1) is 0 Å². The summed E-state index contributed by atoms with van der Waals surface area (Å²) in [6.07, 6.45) is 5.96. The third kappa shape index (κ3) is 3.81. The fourth-order valence-electron chi connectivity index (χ4n) is 2.07. The number of rotatable bonds is 2. The van der Waals surface area contributed by atoms with Crippen molar-refractivity contribution in [2.24, 2.45) is 0 Å². The minimum atomic E-state index is -0.325. The molecule has 2 rings (SSSR count). The number of hydrogen-bond acceptors (Lipinski definition) is 3. The van der Waals surface area contributed by atoms with Gasteiger partial charge in [0.15, 0.2) is 15.5 Å². The standard InChI is InChI=1S/C12H15BrN2O2S/c13-10-7-6-9(17-10)11(16)15-12(18)14-8-4-2-1-3-5-8/h6-8H,1-5H2,(H2,14,15,16,18). The molecule has 1 aromatic rings. The van der Waals surface area contributed by atoms with E-state index in [4.69, 9.17) is 16.6 Å². The van der Waals surface area contributed by atoms with Crippen molar-refractivity contribution < 1.29 is 9.21 Å². The van der Waals surface area contributed by atoms with Crippen LogP contribution < -0.4 is 10.6 Å². The van der Waals surface area contributed by atoms with E-state index in [9.17, 15) is 4.79 Å². The Morgan fingerprint density at radius 3 is 2.67 bits per heavy atom. The van der Waals surface area contributed by atoms with Crippen molar-refractivity contribution in [1.29, 1.82) is 0 Å². The first-order valence-electron chi connectivity index (χ1n) is 6.02. The average molecular weight is 331 g/mol. The van der Waals surface area contributed by atoms with Gasteiger partial charge in [-0.3, -0.25) is 10.1 Å². The van der Waals surface area contributed by atoms with Gasteiger partial charge in [0.25, 0.3) is 5.91 Å². The fraction of sp³-hybridized carbons (Fsp3) is 0.500. The van der Waals surface area contributed by atoms with Crippen LogP contribution in [0.2, 0.25) is 0 Å². The van der Waals surface area contributed by atoms with E-state index in [-0.39, 0.29) is 11.7 Å². The Morgan fingerprint density at radius 1 is 1.33 bits per heavy atom. The highest BCUT2D eigenvalue weighted by Crippen LogP contribution is 2.17. The molecule has 1 aromatic heterocycles. The molecule has 0 spiro atoms. The van der Waals surface area contributed by atoms with Gasteiger partial charge in [0, 0.05) is 6.04 Å². The number of carbonyl (C=O) groups excluding carboxylic acids is 1. The molecule has 0 unspecified atom stereocenters. The second-order valence-electron chi connectivity index (χ2n) is 4.37. The Bertz CT molecular complexity index is 441. The van der Waals surface area contributed by atoms with E-state index in [1.807, 2.05) is 0 Å². The fourth-order valence-corrected chi connectivity index (χ4v) is 2.64. The van der Waals surface area contributed by atoms with Gasteiger partial charge in [-0.2, -0.15) is 0 Å². The molecule has 4 nitrogen and oxygen atoms in total. The lowest BCUT2D eigenvalue weighted by Crippen LogP contribution is -2.44. The molecule has 1 aliphatic carbocycles. The zero-order valence-electron chi connectivity index (χ0n) is 9.87. The Labute approximate surface area is 120 Å². The normalized spacial score (nSPS) is 16.3. The maximum atomic E-state index is 11.8. The van der Waals surface area contributed by atoms with Crippen molar-refractivity contribution in [3.8, 4) is 0 Å². The Morgan fingerprint density at radius 2 is 2.06 bits per heavy atom. The molecule has 1 fully saturated rings. The quantitative estimate of drug-likeness (QED) is 0.818. The zero-order chi connectivity index (χ0) is 13.0. The summed E-state index contributed by atoms with van der Waals surface area (Å²) >= 11 is 8.27. The van der Waals surface area contributed by atoms with Gasteiger partial charge < -0.3 is 9.73 Å². The van der Waals surface area contributed by atoms with E-state index < -0.39 is 0 Å². The number of carbonyl (C=O) groups is 1. The number of amides is 1. The Hall–Kier alpha value is -0.880. The van der Waals surface area contributed by atoms with Crippen molar-refractivity contribution in [3.63, 3.8) is 0 Å². The first kappa shape index (κ1) is 13.5. The average Bonchev–Trinajstić information content (AvgIpc) is 2.77. The van der Waals surface area contributed by atoms with Crippen molar-refractivity contribution in [1.82, 2.24) is 10.6 Å². The van der Waals surface area contributed by atoms with Crippen LogP contribution >= 0.6 is 28.1 Å². The van der Waals surface area contributed by atoms with Crippen LogP contribution in [-0.4, -0.2) is 17.1 Å². The van der Waals surface area contributed by atoms with Crippen LogP contribution in [0.1, 0.15) is 42.7 Å². The molecule has 1 aliphatic rings. The summed E-state index contributed by atoms with van der Waals surface area (Å²) in [5.74, 6) is -0.0799. The first-order valence-corrected chi connectivity index (χ1v) is 7.22. The van der Waals surface area contributed by atoms with Gasteiger partial charge in [-0.25, -0.2) is 0 Å². The smallest absolute Gasteiger partial charge is 0.293 e. The molecule has 0 bridgehead atoms. The lowest BCUT2D eigenvalue weighted by molar-refractivity contribution is 0.0948. The summed E-state index contributed by atoms with van der Waals surface area (Å²) < 4.78 is 5.68. The number of nitrogens with one attached hydrogen (secondary N) is 2. The molecule has 6 heteroatoms. The summed E-state index contributed by atoms with van der Waals surface area (Å²) in [6, 6.07) is 3.66. The molecule has 1 saturated carbocycles. The summed E-state index contributed by atoms with van der Waals surface area (Å²) in [7, 11) is 0. The molecule has 2 N–H and O–H groups in total. The molecule has 0 radical (unpaired) electrons. The van der Waals surface area contributed by atoms with Crippen molar-refractivity contribution >= 4 is 39.2 Å². The molecule has 18 heavy (non-hydrogen) atoms. The number of thiocarbonyl (C=S) groups is 1. The predicted molar refractivity (Wildman–Crippen MR) is 76.5 cm³/mol. The molecular formula is C12H15BrN2O2S. The van der Waals surface area contributed by atoms with E-state index in [2.05, 4.69) is 26.6 Å². The van der Waals surface area contributed by atoms with E-state index in [0.29, 0.717) is 15.8 Å². The van der Waals surface area contributed by atoms with Gasteiger partial charge in [-0.05, 0) is 53.1 Å². The number of furan rings is 1. The van der Waals surface area contributed by atoms with Gasteiger partial charge >= 0.3 is 0 Å². The van der Waals surface area contributed by atoms with Crippen LogP contribution in [0.3, 0.4) is 0 Å². The third-order valence-corrected chi connectivity index (χ3v) is 3.61. The van der Waals surface area contributed by atoms with E-state index >= 15 is 0 Å². The van der Waals surface area contributed by atoms with E-state index in [0.717, 1.165) is 12.8 Å². The molecule has 0 aliphatic heterocycles. The van der Waals surface area contributed by atoms with Gasteiger partial charge in [0.2, 0.25) is 0 Å². The molecule has 0 aromatic carbocycles. The highest BCUT2D eigenvalue weighted by Gasteiger charge is 2.16. The van der Waals surface area contributed by atoms with Crippen LogP contribution in [-0.2, 0) is 0 Å². The van der Waals surface area contributed by atoms with Gasteiger partial charge in [-0.15, -0.1) is 0 Å². The van der Waals surface area contributed by atoms with Crippen LogP contribution in [0.4, 0.5) is 0 Å². The first-order chi connectivity index (χ1) is 8.65. The van der Waals surface area contributed by atoms with Gasteiger partial charge in [0.05, 0.1) is 0 Å². The summed E-state index contributed by atoms with van der Waals surface area (Å²) in [4.78, 5) is 11.8. The zero-order valence-corrected chi connectivity index (χ0v) is 12.3. The summed E-state index contributed by atoms with van der Waals surface area (Å²) in [5, 5.41) is 6.17. The Balaban J connectivity index is 1.81. The topological polar surface area (TPSA) is 54.3 Å². The lowest BCUT2D eigenvalue weighted by atomic mass is 9.96. The Kier molecular flexibility index (Phi) is 4.77. The second kappa shape index (κ2) is 6.33. The van der Waals surface area contributed by atoms with Crippen molar-refractivity contribution in [2.75, 3.05) is 0 Å². The minimum Gasteiger partial charge on any atom is -0.444 e. The van der Waals surface area contributed by atoms with Gasteiger partial charge in [-0.1, -0.05) is 19.3 Å². The number of hydrogen-bond donors (Lipinski definition) is 2. The lowest BCUT2D eigenvalue weighted by Gasteiger charge is -2.23. The van der Waals surface area contributed by atoms with Crippen LogP contribution in [0.5, 0.6) is 0 Å². The molecule has 0 saturated heterocycles. The maximum Gasteiger partial charge on any atom is 0.293 e. The second-order valence-corrected chi connectivity index (χ2v) is 5.56. The van der Waals surface area contributed by atoms with Crippen molar-refractivity contribution in [2.45, 2.75) is 38.1 Å². The van der Waals surface area contributed by atoms with Crippen LogP contribution in [0.25, 0.3) is 0 Å². The molecular weight excluding hydrogens is 316 g/mol. The van der Waals surface area contributed by atoms with Crippen molar-refractivity contribution in [3.05, 3.63) is 22.6 Å². The summed E-state index contributed by atoms with van der Waals surface area (Å²) in [6.45, 7) is 0. The molecule has 1 amide bonds. The SMILES string of the molecule is O=C(NC(=S)NC1CCCCC1)c1ccc(Br)o1. The maximum absolute atomic E-state index is 11.8. The summed E-state index contributed by atoms with van der Waals surface area (Å²) in [5.41, 5.74) is 0. The van der Waals surface area contributed by atoms with E-state index in [1.165, 1.54) is 19.3 Å². The third-order valence-electron chi connectivity index (χ3n) is 2.96. The predicted octanol–water partition coefficient (Wildman–Crippen LogP) is 2.98. The minimum absolute atomic E-state index is 0.245. The van der Waals surface area contributed by atoms with Crippen LogP contribution in [0.15, 0.2) is 21.2 Å². The number of halogens is 1. The highest BCUT2D eigenvalue weighted by atomic mass is 79.9. The van der Waals surface area contributed by atoms with E-state index in [1.54, 1.807) is 12.1 Å². The molecule has 1 heterocycles. The molecule has 98 valence electrons. The van der Waals surface area contributed by atoms with Gasteiger partial charge in [0.1, 0.15) is 0 Å². The monoisotopic (exact) mass is 330 g/mol. The molecule has 0 atom stereocenters.